The van der Waals surface area contributed by atoms with Gasteiger partial charge in [0.05, 0.1) is 7.11 Å². The highest BCUT2D eigenvalue weighted by Crippen LogP contribution is 2.32. The Bertz CT molecular complexity index is 1080. The lowest BCUT2D eigenvalue weighted by atomic mass is 10.2. The Morgan fingerprint density at radius 2 is 1.97 bits per heavy atom. The number of aromatic nitrogens is 1. The van der Waals surface area contributed by atoms with Gasteiger partial charge in [-0.15, -0.1) is 0 Å². The number of methoxy groups -OCH3 is 1. The smallest absolute Gasteiger partial charge is 0.248 e. The first-order valence-electron chi connectivity index (χ1n) is 9.80. The van der Waals surface area contributed by atoms with Crippen LogP contribution in [0.1, 0.15) is 11.1 Å². The summed E-state index contributed by atoms with van der Waals surface area (Å²) in [6, 6.07) is 14.6. The molecule has 0 radical (unpaired) electrons. The zero-order valence-corrected chi connectivity index (χ0v) is 17.0. The monoisotopic (exact) mass is 418 g/mol. The Balaban J connectivity index is 1.41. The lowest BCUT2D eigenvalue weighted by Gasteiger charge is -2.18. The molecule has 0 aliphatic carbocycles. The molecule has 0 saturated heterocycles. The molecular weight excluding hydrogens is 396 g/mol. The minimum Gasteiger partial charge on any atom is -0.493 e. The van der Waals surface area contributed by atoms with Crippen molar-refractivity contribution in [2.75, 3.05) is 25.6 Å². The highest BCUT2D eigenvalue weighted by molar-refractivity contribution is 6.02. The number of rotatable bonds is 7. The van der Waals surface area contributed by atoms with Crippen LogP contribution in [0.2, 0.25) is 0 Å². The lowest BCUT2D eigenvalue weighted by Crippen LogP contribution is -2.15. The molecule has 4 rings (SSSR count). The van der Waals surface area contributed by atoms with Crippen LogP contribution in [0.4, 0.5) is 5.69 Å². The number of carbonyl (C=O) groups excluding carboxylic acids is 1. The van der Waals surface area contributed by atoms with E-state index in [1.807, 2.05) is 30.3 Å². The number of nitrogens with one attached hydrogen (secondary N) is 1. The van der Waals surface area contributed by atoms with Gasteiger partial charge < -0.3 is 24.3 Å². The molecule has 1 aliphatic rings. The first-order chi connectivity index (χ1) is 15.2. The zero-order valence-electron chi connectivity index (χ0n) is 17.0. The summed E-state index contributed by atoms with van der Waals surface area (Å²) < 4.78 is 22.3. The molecule has 7 nitrogen and oxygen atoms in total. The van der Waals surface area contributed by atoms with E-state index >= 15 is 0 Å². The minimum atomic E-state index is -0.265. The van der Waals surface area contributed by atoms with E-state index in [1.54, 1.807) is 43.8 Å². The zero-order chi connectivity index (χ0) is 21.5. The van der Waals surface area contributed by atoms with Crippen LogP contribution in [-0.4, -0.2) is 31.2 Å². The van der Waals surface area contributed by atoms with Gasteiger partial charge in [0.15, 0.2) is 23.0 Å². The fourth-order valence-corrected chi connectivity index (χ4v) is 3.03. The number of ether oxygens (including phenoxy) is 4. The highest BCUT2D eigenvalue weighted by Gasteiger charge is 2.11. The quantitative estimate of drug-likeness (QED) is 0.582. The van der Waals surface area contributed by atoms with Gasteiger partial charge in [0.25, 0.3) is 0 Å². The first-order valence-corrected chi connectivity index (χ1v) is 9.80. The minimum absolute atomic E-state index is 0.265. The van der Waals surface area contributed by atoms with E-state index in [9.17, 15) is 4.79 Å². The van der Waals surface area contributed by atoms with Gasteiger partial charge in [-0.3, -0.25) is 9.78 Å². The molecule has 0 atom stereocenters. The Hall–Kier alpha value is -4.00. The Morgan fingerprint density at radius 3 is 2.77 bits per heavy atom. The second kappa shape index (κ2) is 9.67. The van der Waals surface area contributed by atoms with E-state index in [4.69, 9.17) is 18.9 Å². The van der Waals surface area contributed by atoms with Crippen LogP contribution >= 0.6 is 0 Å². The maximum atomic E-state index is 12.4. The predicted octanol–water partition coefficient (Wildman–Crippen LogP) is 4.09. The second-order valence-corrected chi connectivity index (χ2v) is 6.74. The summed E-state index contributed by atoms with van der Waals surface area (Å²) in [6.07, 6.45) is 6.63. The van der Waals surface area contributed by atoms with Crippen LogP contribution in [0.3, 0.4) is 0 Å². The van der Waals surface area contributed by atoms with Gasteiger partial charge in [-0.25, -0.2) is 0 Å². The molecule has 0 bridgehead atoms. The summed E-state index contributed by atoms with van der Waals surface area (Å²) in [7, 11) is 1.57. The molecule has 3 aromatic rings. The van der Waals surface area contributed by atoms with Crippen molar-refractivity contribution in [3.8, 4) is 23.0 Å². The van der Waals surface area contributed by atoms with E-state index in [0.29, 0.717) is 48.5 Å². The third kappa shape index (κ3) is 5.33. The van der Waals surface area contributed by atoms with Crippen molar-refractivity contribution in [2.45, 2.75) is 6.61 Å². The topological polar surface area (TPSA) is 78.9 Å². The molecule has 0 unspecified atom stereocenters. The van der Waals surface area contributed by atoms with Crippen LogP contribution < -0.4 is 24.3 Å². The maximum absolute atomic E-state index is 12.4. The molecule has 2 heterocycles. The fourth-order valence-electron chi connectivity index (χ4n) is 3.03. The van der Waals surface area contributed by atoms with Gasteiger partial charge in [-0.05, 0) is 42.0 Å². The molecule has 31 heavy (non-hydrogen) atoms. The summed E-state index contributed by atoms with van der Waals surface area (Å²) in [5, 5.41) is 2.83. The van der Waals surface area contributed by atoms with Crippen LogP contribution in [0.5, 0.6) is 23.0 Å². The van der Waals surface area contributed by atoms with Gasteiger partial charge in [-0.2, -0.15) is 0 Å². The normalized spacial score (nSPS) is 12.4. The lowest BCUT2D eigenvalue weighted by molar-refractivity contribution is -0.111. The van der Waals surface area contributed by atoms with E-state index in [0.717, 1.165) is 11.1 Å². The third-order valence-corrected chi connectivity index (χ3v) is 4.54. The molecule has 1 amide bonds. The second-order valence-electron chi connectivity index (χ2n) is 6.74. The SMILES string of the molecule is COc1ccc(NC(=O)C=Cc2ccc3c(c2)OCCO3)cc1OCc1cccnc1. The van der Waals surface area contributed by atoms with E-state index in [1.165, 1.54) is 6.08 Å². The number of anilines is 1. The van der Waals surface area contributed by atoms with Crippen molar-refractivity contribution in [1.82, 2.24) is 4.98 Å². The van der Waals surface area contributed by atoms with Crippen molar-refractivity contribution in [1.29, 1.82) is 0 Å². The van der Waals surface area contributed by atoms with E-state index in [-0.39, 0.29) is 5.91 Å². The van der Waals surface area contributed by atoms with Gasteiger partial charge in [0, 0.05) is 35.8 Å². The average molecular weight is 418 g/mol. The largest absolute Gasteiger partial charge is 0.493 e. The van der Waals surface area contributed by atoms with Gasteiger partial charge in [0.2, 0.25) is 5.91 Å². The number of nitrogens with zero attached hydrogens (tertiary/aromatic N) is 1. The maximum Gasteiger partial charge on any atom is 0.248 e. The van der Waals surface area contributed by atoms with E-state index < -0.39 is 0 Å². The number of hydrogen-bond acceptors (Lipinski definition) is 6. The molecule has 1 aromatic heterocycles. The fraction of sp³-hybridized carbons (Fsp3) is 0.167. The van der Waals surface area contributed by atoms with Gasteiger partial charge in [-0.1, -0.05) is 12.1 Å². The molecule has 158 valence electrons. The van der Waals surface area contributed by atoms with Crippen molar-refractivity contribution in [2.24, 2.45) is 0 Å². The summed E-state index contributed by atoms with van der Waals surface area (Å²) in [4.78, 5) is 16.5. The number of benzene rings is 2. The standard InChI is InChI=1S/C24H22N2O5/c1-28-20-8-6-19(14-23(20)31-16-18-3-2-10-25-15-18)26-24(27)9-5-17-4-7-21-22(13-17)30-12-11-29-21/h2-10,13-15H,11-12,16H2,1H3,(H,26,27). The Labute approximate surface area is 180 Å². The van der Waals surface area contributed by atoms with Crippen LogP contribution in [0, 0.1) is 0 Å². The number of amides is 1. The number of carbonyl (C=O) groups is 1. The molecule has 0 spiro atoms. The van der Waals surface area contributed by atoms with Crippen LogP contribution in [0.15, 0.2) is 67.0 Å². The van der Waals surface area contributed by atoms with Gasteiger partial charge in [0.1, 0.15) is 19.8 Å². The van der Waals surface area contributed by atoms with Crippen molar-refractivity contribution in [3.63, 3.8) is 0 Å². The summed E-state index contributed by atoms with van der Waals surface area (Å²) in [6.45, 7) is 1.40. The third-order valence-electron chi connectivity index (χ3n) is 4.54. The van der Waals surface area contributed by atoms with Crippen molar-refractivity contribution < 1.29 is 23.7 Å². The van der Waals surface area contributed by atoms with Crippen molar-refractivity contribution in [3.05, 3.63) is 78.1 Å². The van der Waals surface area contributed by atoms with Crippen LogP contribution in [-0.2, 0) is 11.4 Å². The Kier molecular flexibility index (Phi) is 6.32. The molecule has 0 saturated carbocycles. The van der Waals surface area contributed by atoms with Crippen LogP contribution in [0.25, 0.3) is 6.08 Å². The number of pyridine rings is 1. The summed E-state index contributed by atoms with van der Waals surface area (Å²) in [5.41, 5.74) is 2.37. The molecular formula is C24H22N2O5. The molecule has 2 aromatic carbocycles. The predicted molar refractivity (Wildman–Crippen MR) is 117 cm³/mol. The molecule has 1 aliphatic heterocycles. The number of fused-ring (bicyclic) bond motifs is 1. The molecule has 1 N–H and O–H groups in total. The average Bonchev–Trinajstić information content (AvgIpc) is 2.82. The highest BCUT2D eigenvalue weighted by atomic mass is 16.6. The number of hydrogen-bond donors (Lipinski definition) is 1. The molecule has 7 heteroatoms. The molecule has 0 fully saturated rings. The van der Waals surface area contributed by atoms with E-state index in [2.05, 4.69) is 10.3 Å². The summed E-state index contributed by atoms with van der Waals surface area (Å²) >= 11 is 0. The van der Waals surface area contributed by atoms with Gasteiger partial charge >= 0.3 is 0 Å². The Morgan fingerprint density at radius 1 is 1.10 bits per heavy atom. The summed E-state index contributed by atoms with van der Waals surface area (Å²) in [5.74, 6) is 2.23. The first kappa shape index (κ1) is 20.3. The van der Waals surface area contributed by atoms with Crippen molar-refractivity contribution >= 4 is 17.7 Å².